The molecule has 0 saturated heterocycles. The highest BCUT2D eigenvalue weighted by Gasteiger charge is 2.17. The molecule has 0 aliphatic carbocycles. The maximum atomic E-state index is 5.59. The lowest BCUT2D eigenvalue weighted by Gasteiger charge is -2.19. The normalized spacial score (nSPS) is 11.9. The first-order chi connectivity index (χ1) is 19.7. The smallest absolute Gasteiger partial charge is 0.0775 e. The number of anilines is 3. The van der Waals surface area contributed by atoms with Gasteiger partial charge in [0.2, 0.25) is 0 Å². The Morgan fingerprint density at radius 2 is 0.791 bits per heavy atom. The fourth-order valence-electron chi connectivity index (χ4n) is 4.21. The number of nitrogens with two attached hydrogens (primary N) is 1. The number of hydrogen-bond donors (Lipinski definition) is 2. The molecule has 2 nitrogen and oxygen atoms in total. The van der Waals surface area contributed by atoms with E-state index in [4.69, 9.17) is 5.73 Å². The van der Waals surface area contributed by atoms with Crippen molar-refractivity contribution in [3.8, 4) is 0 Å². The van der Waals surface area contributed by atoms with Gasteiger partial charge in [0.15, 0.2) is 0 Å². The summed E-state index contributed by atoms with van der Waals surface area (Å²) in [5, 5.41) is 7.95. The lowest BCUT2D eigenvalue weighted by Crippen LogP contribution is -2.37. The number of hydrogen-bond acceptors (Lipinski definition) is 2. The second kappa shape index (κ2) is 15.1. The second-order valence-corrected chi connectivity index (χ2v) is 31.6. The standard InChI is InChI=1S/C19H27NSi.C9H13BrSi.C9H15NSi/c1-19(2,3)15-7-9-16(10-8-15)20-17-11-13-18(14-12-17)21(4,5)6;2*1-11(2,3)9-6-4-8(10)5-7-9/h7-14,20H,1-6H3;4-7H,1-3H3;4-7H,10H2,1-3H3. The fraction of sp³-hybridized carbons (Fsp3) is 0.351. The van der Waals surface area contributed by atoms with Crippen LogP contribution in [0.1, 0.15) is 26.3 Å². The monoisotopic (exact) mass is 690 g/mol. The number of nitrogens with one attached hydrogen (secondary N) is 1. The average molecular weight is 692 g/mol. The summed E-state index contributed by atoms with van der Waals surface area (Å²) >= 11 is 3.43. The molecule has 0 heterocycles. The van der Waals surface area contributed by atoms with Gasteiger partial charge in [0.05, 0.1) is 24.2 Å². The number of benzene rings is 4. The molecule has 4 aromatic rings. The minimum absolute atomic E-state index is 0.206. The van der Waals surface area contributed by atoms with Crippen LogP contribution >= 0.6 is 15.9 Å². The van der Waals surface area contributed by atoms with Crippen molar-refractivity contribution in [3.05, 3.63) is 107 Å². The van der Waals surface area contributed by atoms with Crippen LogP contribution in [0.5, 0.6) is 0 Å². The topological polar surface area (TPSA) is 38.0 Å². The van der Waals surface area contributed by atoms with Gasteiger partial charge in [-0.2, -0.15) is 0 Å². The van der Waals surface area contributed by atoms with Gasteiger partial charge in [-0.1, -0.05) is 160 Å². The summed E-state index contributed by atoms with van der Waals surface area (Å²) in [6, 6.07) is 34.5. The van der Waals surface area contributed by atoms with Crippen molar-refractivity contribution in [3.63, 3.8) is 0 Å². The number of rotatable bonds is 5. The van der Waals surface area contributed by atoms with E-state index in [0.717, 1.165) is 17.1 Å². The lowest BCUT2D eigenvalue weighted by molar-refractivity contribution is 0.590. The summed E-state index contributed by atoms with van der Waals surface area (Å²) in [4.78, 5) is 0. The molecule has 0 atom stereocenters. The molecule has 0 aliphatic rings. The van der Waals surface area contributed by atoms with Gasteiger partial charge in [-0.25, -0.2) is 0 Å². The van der Waals surface area contributed by atoms with Gasteiger partial charge in [0.25, 0.3) is 0 Å². The van der Waals surface area contributed by atoms with Crippen molar-refractivity contribution in [1.29, 1.82) is 0 Å². The SMILES string of the molecule is CC(C)(C)c1ccc(Nc2ccc([Si](C)(C)C)cc2)cc1.C[Si](C)(C)c1ccc(Br)cc1.C[Si](C)(C)c1ccc(N)cc1. The van der Waals surface area contributed by atoms with Crippen molar-refractivity contribution < 1.29 is 0 Å². The first kappa shape index (κ1) is 36.8. The molecule has 3 N–H and O–H groups in total. The van der Waals surface area contributed by atoms with Crippen LogP contribution in [0.4, 0.5) is 17.1 Å². The third kappa shape index (κ3) is 13.0. The molecule has 0 aliphatic heterocycles. The maximum Gasteiger partial charge on any atom is 0.0775 e. The molecule has 0 radical (unpaired) electrons. The predicted molar refractivity (Wildman–Crippen MR) is 209 cm³/mol. The van der Waals surface area contributed by atoms with Crippen molar-refractivity contribution >= 4 is 72.8 Å². The Kier molecular flexibility index (Phi) is 12.9. The maximum absolute atomic E-state index is 5.59. The first-order valence-corrected chi connectivity index (χ1v) is 26.6. The summed E-state index contributed by atoms with van der Waals surface area (Å²) in [5.74, 6) is 0. The Hall–Kier alpha value is -2.39. The second-order valence-electron chi connectivity index (χ2n) is 15.4. The van der Waals surface area contributed by atoms with Crippen LogP contribution in [0.2, 0.25) is 58.9 Å². The minimum Gasteiger partial charge on any atom is -0.399 e. The highest BCUT2D eigenvalue weighted by molar-refractivity contribution is 9.10. The van der Waals surface area contributed by atoms with E-state index in [9.17, 15) is 0 Å². The average Bonchev–Trinajstić information content (AvgIpc) is 2.88. The van der Waals surface area contributed by atoms with Crippen LogP contribution in [0.15, 0.2) is 102 Å². The van der Waals surface area contributed by atoms with E-state index in [1.54, 1.807) is 0 Å². The molecule has 0 spiro atoms. The molecule has 0 bridgehead atoms. The molecule has 0 saturated carbocycles. The highest BCUT2D eigenvalue weighted by atomic mass is 79.9. The van der Waals surface area contributed by atoms with Crippen LogP contribution in [0, 0.1) is 0 Å². The Morgan fingerprint density at radius 1 is 0.488 bits per heavy atom. The Morgan fingerprint density at radius 3 is 1.12 bits per heavy atom. The molecule has 6 heteroatoms. The van der Waals surface area contributed by atoms with Crippen molar-refractivity contribution in [1.82, 2.24) is 0 Å². The van der Waals surface area contributed by atoms with Gasteiger partial charge in [0, 0.05) is 21.5 Å². The van der Waals surface area contributed by atoms with Crippen molar-refractivity contribution in [2.45, 2.75) is 85.1 Å². The van der Waals surface area contributed by atoms with Gasteiger partial charge >= 0.3 is 0 Å². The summed E-state index contributed by atoms with van der Waals surface area (Å²) in [6.45, 7) is 27.9. The number of halogens is 1. The van der Waals surface area contributed by atoms with Gasteiger partial charge in [-0.15, -0.1) is 0 Å². The summed E-state index contributed by atoms with van der Waals surface area (Å²) in [5.41, 5.74) is 10.3. The van der Waals surface area contributed by atoms with Crippen molar-refractivity contribution in [2.24, 2.45) is 0 Å². The summed E-state index contributed by atoms with van der Waals surface area (Å²) in [7, 11) is -3.39. The third-order valence-electron chi connectivity index (χ3n) is 7.28. The summed E-state index contributed by atoms with van der Waals surface area (Å²) < 4.78 is 1.17. The molecule has 43 heavy (non-hydrogen) atoms. The molecule has 0 aromatic heterocycles. The van der Waals surface area contributed by atoms with E-state index < -0.39 is 24.2 Å². The molecule has 232 valence electrons. The molecular weight excluding hydrogens is 637 g/mol. The first-order valence-electron chi connectivity index (χ1n) is 15.3. The largest absolute Gasteiger partial charge is 0.399 e. The van der Waals surface area contributed by atoms with E-state index in [1.165, 1.54) is 25.6 Å². The van der Waals surface area contributed by atoms with Gasteiger partial charge < -0.3 is 11.1 Å². The van der Waals surface area contributed by atoms with Crippen LogP contribution in [0.3, 0.4) is 0 Å². The molecule has 0 fully saturated rings. The van der Waals surface area contributed by atoms with E-state index in [0.29, 0.717) is 0 Å². The third-order valence-corrected chi connectivity index (χ3v) is 14.0. The number of nitrogen functional groups attached to an aromatic ring is 1. The lowest BCUT2D eigenvalue weighted by atomic mass is 9.87. The Labute approximate surface area is 274 Å². The van der Waals surface area contributed by atoms with Crippen LogP contribution in [0.25, 0.3) is 0 Å². The van der Waals surface area contributed by atoms with Crippen LogP contribution < -0.4 is 26.6 Å². The Bertz CT molecular complexity index is 1280. The van der Waals surface area contributed by atoms with Gasteiger partial charge in [0.1, 0.15) is 0 Å². The van der Waals surface area contributed by atoms with E-state index in [-0.39, 0.29) is 5.41 Å². The molecule has 0 amide bonds. The molecule has 0 unspecified atom stereocenters. The minimum atomic E-state index is -1.20. The molecule has 4 rings (SSSR count). The van der Waals surface area contributed by atoms with Gasteiger partial charge in [-0.3, -0.25) is 0 Å². The van der Waals surface area contributed by atoms with Crippen LogP contribution in [-0.2, 0) is 5.41 Å². The Balaban J connectivity index is 0.000000247. The van der Waals surface area contributed by atoms with Crippen molar-refractivity contribution in [2.75, 3.05) is 11.1 Å². The quantitative estimate of drug-likeness (QED) is 0.162. The highest BCUT2D eigenvalue weighted by Crippen LogP contribution is 2.25. The van der Waals surface area contributed by atoms with E-state index in [1.807, 2.05) is 12.1 Å². The zero-order valence-corrected chi connectivity index (χ0v) is 33.3. The predicted octanol–water partition coefficient (Wildman–Crippen LogP) is 10.1. The zero-order valence-electron chi connectivity index (χ0n) is 28.7. The summed E-state index contributed by atoms with van der Waals surface area (Å²) in [6.07, 6.45) is 0. The van der Waals surface area contributed by atoms with Crippen LogP contribution in [-0.4, -0.2) is 24.2 Å². The zero-order chi connectivity index (χ0) is 32.6. The van der Waals surface area contributed by atoms with E-state index >= 15 is 0 Å². The van der Waals surface area contributed by atoms with Gasteiger partial charge in [-0.05, 0) is 59.5 Å². The fourth-order valence-corrected chi connectivity index (χ4v) is 7.97. The molecule has 4 aromatic carbocycles. The molecular formula is C37H55BrN2Si3. The van der Waals surface area contributed by atoms with E-state index in [2.05, 4.69) is 186 Å².